The standard InChI is InChI=1S/C22H28N4O3/c1-14(2)21(22-23-17-8-5-6-9-18(17)25(22)4)24-19(28)10-7-11-26-15(3)12-16(27)13-20(26)29/h5-6,8-9,12-14,21,27H,7,10-11H2,1-4H3,(H,24,28)/t21-/m1/s1. The second-order valence-electron chi connectivity index (χ2n) is 7.76. The van der Waals surface area contributed by atoms with Crippen molar-refractivity contribution in [2.45, 2.75) is 46.2 Å². The van der Waals surface area contributed by atoms with Gasteiger partial charge < -0.3 is 19.6 Å². The minimum Gasteiger partial charge on any atom is -0.508 e. The maximum Gasteiger partial charge on any atom is 0.254 e. The molecule has 0 saturated carbocycles. The van der Waals surface area contributed by atoms with Crippen LogP contribution >= 0.6 is 0 Å². The molecule has 0 aliphatic rings. The van der Waals surface area contributed by atoms with Crippen molar-refractivity contribution in [3.05, 3.63) is 58.3 Å². The molecular weight excluding hydrogens is 368 g/mol. The van der Waals surface area contributed by atoms with Gasteiger partial charge in [0.2, 0.25) is 5.91 Å². The number of hydrogen-bond donors (Lipinski definition) is 2. The molecule has 2 aromatic heterocycles. The molecule has 0 saturated heterocycles. The van der Waals surface area contributed by atoms with E-state index in [-0.39, 0.29) is 29.2 Å². The number of aromatic hydroxyl groups is 1. The van der Waals surface area contributed by atoms with Crippen molar-refractivity contribution in [3.8, 4) is 5.75 Å². The number of carbonyl (C=O) groups excluding carboxylic acids is 1. The van der Waals surface area contributed by atoms with E-state index in [2.05, 4.69) is 19.2 Å². The summed E-state index contributed by atoms with van der Waals surface area (Å²) in [5.74, 6) is 0.903. The smallest absolute Gasteiger partial charge is 0.254 e. The van der Waals surface area contributed by atoms with E-state index >= 15 is 0 Å². The van der Waals surface area contributed by atoms with Gasteiger partial charge in [-0.3, -0.25) is 9.59 Å². The normalized spacial score (nSPS) is 12.4. The van der Waals surface area contributed by atoms with Gasteiger partial charge in [-0.05, 0) is 37.5 Å². The molecule has 7 heteroatoms. The van der Waals surface area contributed by atoms with Crippen LogP contribution in [-0.4, -0.2) is 25.1 Å². The Morgan fingerprint density at radius 3 is 2.62 bits per heavy atom. The van der Waals surface area contributed by atoms with E-state index in [9.17, 15) is 14.7 Å². The van der Waals surface area contributed by atoms with Gasteiger partial charge in [0.05, 0.1) is 17.1 Å². The molecule has 0 spiro atoms. The van der Waals surface area contributed by atoms with Gasteiger partial charge in [-0.25, -0.2) is 4.98 Å². The molecule has 1 aromatic carbocycles. The molecule has 3 aromatic rings. The van der Waals surface area contributed by atoms with Crippen LogP contribution < -0.4 is 10.9 Å². The Morgan fingerprint density at radius 2 is 1.97 bits per heavy atom. The molecule has 0 aliphatic carbocycles. The SMILES string of the molecule is Cc1cc(O)cc(=O)n1CCCC(=O)N[C@@H](c1nc2ccccc2n1C)C(C)C. The van der Waals surface area contributed by atoms with E-state index in [4.69, 9.17) is 4.98 Å². The Labute approximate surface area is 170 Å². The Morgan fingerprint density at radius 1 is 1.24 bits per heavy atom. The quantitative estimate of drug-likeness (QED) is 0.642. The largest absolute Gasteiger partial charge is 0.508 e. The molecule has 1 atom stereocenters. The minimum absolute atomic E-state index is 0.0382. The van der Waals surface area contributed by atoms with Gasteiger partial charge in [0.1, 0.15) is 11.6 Å². The molecule has 0 bridgehead atoms. The first-order valence-electron chi connectivity index (χ1n) is 9.89. The maximum atomic E-state index is 12.6. The van der Waals surface area contributed by atoms with Crippen LogP contribution in [0.1, 0.15) is 44.2 Å². The third-order valence-corrected chi connectivity index (χ3v) is 5.19. The van der Waals surface area contributed by atoms with E-state index < -0.39 is 0 Å². The Kier molecular flexibility index (Phi) is 6.06. The van der Waals surface area contributed by atoms with Crippen LogP contribution in [0.3, 0.4) is 0 Å². The van der Waals surface area contributed by atoms with Crippen LogP contribution in [0.5, 0.6) is 5.75 Å². The van der Waals surface area contributed by atoms with E-state index in [0.717, 1.165) is 16.9 Å². The van der Waals surface area contributed by atoms with Crippen LogP contribution in [0.15, 0.2) is 41.2 Å². The van der Waals surface area contributed by atoms with Crippen molar-refractivity contribution >= 4 is 16.9 Å². The third-order valence-electron chi connectivity index (χ3n) is 5.19. The molecule has 2 N–H and O–H groups in total. The molecule has 0 radical (unpaired) electrons. The molecule has 0 unspecified atom stereocenters. The van der Waals surface area contributed by atoms with Gasteiger partial charge in [0.15, 0.2) is 0 Å². The topological polar surface area (TPSA) is 89.2 Å². The van der Waals surface area contributed by atoms with Crippen molar-refractivity contribution < 1.29 is 9.90 Å². The number of amides is 1. The Bertz CT molecular complexity index is 1080. The Balaban J connectivity index is 1.67. The fourth-order valence-corrected chi connectivity index (χ4v) is 3.61. The second-order valence-corrected chi connectivity index (χ2v) is 7.76. The number of benzene rings is 1. The average molecular weight is 396 g/mol. The number of aryl methyl sites for hydroxylation is 2. The first kappa shape index (κ1) is 20.6. The minimum atomic E-state index is -0.261. The summed E-state index contributed by atoms with van der Waals surface area (Å²) in [6.45, 7) is 6.31. The lowest BCUT2D eigenvalue weighted by molar-refractivity contribution is -0.122. The lowest BCUT2D eigenvalue weighted by atomic mass is 10.0. The third kappa shape index (κ3) is 4.50. The van der Waals surface area contributed by atoms with Crippen molar-refractivity contribution in [3.63, 3.8) is 0 Å². The number of rotatable bonds is 7. The number of imidazole rings is 1. The summed E-state index contributed by atoms with van der Waals surface area (Å²) in [7, 11) is 1.96. The van der Waals surface area contributed by atoms with Gasteiger partial charge >= 0.3 is 0 Å². The summed E-state index contributed by atoms with van der Waals surface area (Å²) in [5, 5.41) is 12.6. The van der Waals surface area contributed by atoms with Crippen LogP contribution in [0.4, 0.5) is 0 Å². The highest BCUT2D eigenvalue weighted by Gasteiger charge is 2.23. The van der Waals surface area contributed by atoms with Gasteiger partial charge in [0.25, 0.3) is 5.56 Å². The number of carbonyl (C=O) groups is 1. The molecule has 0 aliphatic heterocycles. The molecule has 1 amide bonds. The summed E-state index contributed by atoms with van der Waals surface area (Å²) in [5.41, 5.74) is 2.36. The molecule has 0 fully saturated rings. The maximum absolute atomic E-state index is 12.6. The number of hydrogen-bond acceptors (Lipinski definition) is 4. The van der Waals surface area contributed by atoms with Crippen molar-refractivity contribution in [1.82, 2.24) is 19.4 Å². The molecule has 3 rings (SSSR count). The summed E-state index contributed by atoms with van der Waals surface area (Å²) in [6, 6.07) is 10.5. The fourth-order valence-electron chi connectivity index (χ4n) is 3.61. The Hall–Kier alpha value is -3.09. The van der Waals surface area contributed by atoms with Gasteiger partial charge in [-0.1, -0.05) is 26.0 Å². The number of fused-ring (bicyclic) bond motifs is 1. The summed E-state index contributed by atoms with van der Waals surface area (Å²) >= 11 is 0. The monoisotopic (exact) mass is 396 g/mol. The molecule has 154 valence electrons. The number of pyridine rings is 1. The zero-order chi connectivity index (χ0) is 21.1. The van der Waals surface area contributed by atoms with Crippen LogP contribution in [0.2, 0.25) is 0 Å². The lowest BCUT2D eigenvalue weighted by Gasteiger charge is -2.22. The zero-order valence-corrected chi connectivity index (χ0v) is 17.3. The second kappa shape index (κ2) is 8.51. The zero-order valence-electron chi connectivity index (χ0n) is 17.3. The van der Waals surface area contributed by atoms with E-state index in [1.807, 2.05) is 35.9 Å². The first-order chi connectivity index (χ1) is 13.8. The fraction of sp³-hybridized carbons (Fsp3) is 0.409. The van der Waals surface area contributed by atoms with Gasteiger partial charge in [0, 0.05) is 31.8 Å². The average Bonchev–Trinajstić information content (AvgIpc) is 2.98. The molecular formula is C22H28N4O3. The highest BCUT2D eigenvalue weighted by molar-refractivity contribution is 5.78. The van der Waals surface area contributed by atoms with E-state index in [0.29, 0.717) is 25.1 Å². The van der Waals surface area contributed by atoms with Crippen molar-refractivity contribution in [1.29, 1.82) is 0 Å². The van der Waals surface area contributed by atoms with Crippen molar-refractivity contribution in [2.24, 2.45) is 13.0 Å². The van der Waals surface area contributed by atoms with E-state index in [1.54, 1.807) is 17.6 Å². The van der Waals surface area contributed by atoms with Gasteiger partial charge in [-0.15, -0.1) is 0 Å². The first-order valence-corrected chi connectivity index (χ1v) is 9.89. The van der Waals surface area contributed by atoms with Gasteiger partial charge in [-0.2, -0.15) is 0 Å². The molecule has 7 nitrogen and oxygen atoms in total. The number of para-hydroxylation sites is 2. The van der Waals surface area contributed by atoms with Crippen LogP contribution in [0, 0.1) is 12.8 Å². The van der Waals surface area contributed by atoms with Crippen LogP contribution in [-0.2, 0) is 18.4 Å². The summed E-state index contributed by atoms with van der Waals surface area (Å²) < 4.78 is 3.60. The molecule has 2 heterocycles. The number of aromatic nitrogens is 3. The number of nitrogens with zero attached hydrogens (tertiary/aromatic N) is 3. The predicted molar refractivity (Wildman–Crippen MR) is 113 cm³/mol. The van der Waals surface area contributed by atoms with Crippen LogP contribution in [0.25, 0.3) is 11.0 Å². The highest BCUT2D eigenvalue weighted by Crippen LogP contribution is 2.25. The van der Waals surface area contributed by atoms with E-state index in [1.165, 1.54) is 6.07 Å². The predicted octanol–water partition coefficient (Wildman–Crippen LogP) is 3.04. The highest BCUT2D eigenvalue weighted by atomic mass is 16.3. The molecule has 29 heavy (non-hydrogen) atoms. The summed E-state index contributed by atoms with van der Waals surface area (Å²) in [4.78, 5) is 29.3. The lowest BCUT2D eigenvalue weighted by Crippen LogP contribution is -2.33. The summed E-state index contributed by atoms with van der Waals surface area (Å²) in [6.07, 6.45) is 0.838. The van der Waals surface area contributed by atoms with Crippen molar-refractivity contribution in [2.75, 3.05) is 0 Å². The number of nitrogens with one attached hydrogen (secondary N) is 1.